The molecule has 35 heavy (non-hydrogen) atoms. The molecule has 0 aliphatic carbocycles. The second-order valence-electron chi connectivity index (χ2n) is 9.00. The number of hydrogen-bond acceptors (Lipinski definition) is 4. The molecule has 1 atom stereocenters. The van der Waals surface area contributed by atoms with Crippen LogP contribution in [0.15, 0.2) is 72.8 Å². The molecular weight excluding hydrogens is 438 g/mol. The lowest BCUT2D eigenvalue weighted by Crippen LogP contribution is -2.31. The largest absolute Gasteiger partial charge is 0.469 e. The third-order valence-electron chi connectivity index (χ3n) is 6.32. The lowest BCUT2D eigenvalue weighted by atomic mass is 10.0. The van der Waals surface area contributed by atoms with Crippen LogP contribution < -0.4 is 5.62 Å². The van der Waals surface area contributed by atoms with Crippen molar-refractivity contribution in [1.82, 2.24) is 9.13 Å². The zero-order valence-electron chi connectivity index (χ0n) is 20.7. The fourth-order valence-corrected chi connectivity index (χ4v) is 4.36. The minimum absolute atomic E-state index is 0.105. The maximum Gasteiger partial charge on any atom is 0.307 e. The third-order valence-corrected chi connectivity index (χ3v) is 6.32. The Morgan fingerprint density at radius 2 is 1.49 bits per heavy atom. The zero-order valence-corrected chi connectivity index (χ0v) is 20.7. The summed E-state index contributed by atoms with van der Waals surface area (Å²) in [4.78, 5) is 11.5. The molecule has 0 bridgehead atoms. The van der Waals surface area contributed by atoms with Crippen LogP contribution in [0, 0.1) is 19.3 Å². The zero-order chi connectivity index (χ0) is 24.8. The first-order chi connectivity index (χ1) is 17.0. The Hall–Kier alpha value is -3.64. The minimum atomic E-state index is -0.288. The van der Waals surface area contributed by atoms with Gasteiger partial charge < -0.3 is 18.6 Å². The van der Waals surface area contributed by atoms with E-state index in [0.29, 0.717) is 25.2 Å². The first-order valence-electron chi connectivity index (χ1n) is 12.0. The van der Waals surface area contributed by atoms with Crippen molar-refractivity contribution in [2.24, 2.45) is 0 Å². The van der Waals surface area contributed by atoms with Gasteiger partial charge in [0.25, 0.3) is 0 Å². The summed E-state index contributed by atoms with van der Waals surface area (Å²) < 4.78 is 14.8. The van der Waals surface area contributed by atoms with Gasteiger partial charge in [0.15, 0.2) is 0 Å². The number of methoxy groups -OCH3 is 1. The number of carbonyl (C=O) groups is 1. The quantitative estimate of drug-likeness (QED) is 0.263. The van der Waals surface area contributed by atoms with E-state index in [0.717, 1.165) is 16.6 Å². The molecule has 3 aromatic carbocycles. The maximum absolute atomic E-state index is 11.5. The maximum atomic E-state index is 11.5. The fraction of sp³-hybridized carbons (Fsp3) is 0.310. The molecule has 4 rings (SSSR count). The number of nitrogens with zero attached hydrogens (tertiary/aromatic N) is 2. The average Bonchev–Trinajstić information content (AvgIpc) is 3.14. The highest BCUT2D eigenvalue weighted by molar-refractivity contribution is 5.76. The number of aromatic nitrogens is 2. The van der Waals surface area contributed by atoms with E-state index in [1.54, 1.807) is 0 Å². The van der Waals surface area contributed by atoms with E-state index in [4.69, 9.17) is 9.47 Å². The first kappa shape index (κ1) is 24.5. The van der Waals surface area contributed by atoms with Gasteiger partial charge in [0.2, 0.25) is 5.62 Å². The number of ether oxygens (including phenoxy) is 2. The van der Waals surface area contributed by atoms with Gasteiger partial charge in [-0.25, -0.2) is 0 Å². The lowest BCUT2D eigenvalue weighted by Gasteiger charge is -2.20. The van der Waals surface area contributed by atoms with Crippen molar-refractivity contribution >= 4 is 17.0 Å². The Morgan fingerprint density at radius 1 is 0.886 bits per heavy atom. The molecule has 0 saturated heterocycles. The van der Waals surface area contributed by atoms with Crippen LogP contribution in [0.4, 0.5) is 0 Å². The normalized spacial score (nSPS) is 12.1. The highest BCUT2D eigenvalue weighted by Gasteiger charge is 2.20. The van der Waals surface area contributed by atoms with Gasteiger partial charge in [-0.15, -0.1) is 0 Å². The van der Waals surface area contributed by atoms with Crippen LogP contribution in [0.3, 0.4) is 0 Å². The third kappa shape index (κ3) is 5.89. The van der Waals surface area contributed by atoms with Crippen molar-refractivity contribution in [3.63, 3.8) is 0 Å². The van der Waals surface area contributed by atoms with Crippen LogP contribution in [0.25, 0.3) is 11.0 Å². The molecule has 0 fully saturated rings. The molecule has 0 saturated carbocycles. The average molecular weight is 472 g/mol. The van der Waals surface area contributed by atoms with Gasteiger partial charge in [-0.2, -0.15) is 0 Å². The first-order valence-corrected chi connectivity index (χ1v) is 12.0. The van der Waals surface area contributed by atoms with Gasteiger partial charge >= 0.3 is 5.97 Å². The summed E-state index contributed by atoms with van der Waals surface area (Å²) in [6.45, 7) is 5.45. The van der Waals surface area contributed by atoms with Crippen LogP contribution in [-0.4, -0.2) is 35.4 Å². The van der Waals surface area contributed by atoms with E-state index in [-0.39, 0.29) is 25.0 Å². The van der Waals surface area contributed by atoms with E-state index in [9.17, 15) is 10.2 Å². The SMILES string of the molecule is COC(=O)CCOC[C@H](Cc1ccc(C)cc1)n1c(=N)n(Cc2ccc(C)cc2)c2ccccc21. The predicted molar refractivity (Wildman–Crippen MR) is 137 cm³/mol. The molecule has 6 nitrogen and oxygen atoms in total. The number of fused-ring (bicyclic) bond motifs is 1. The van der Waals surface area contributed by atoms with Crippen LogP contribution >= 0.6 is 0 Å². The molecule has 1 heterocycles. The van der Waals surface area contributed by atoms with Crippen molar-refractivity contribution < 1.29 is 14.3 Å². The minimum Gasteiger partial charge on any atom is -0.469 e. The second kappa shape index (κ2) is 11.2. The summed E-state index contributed by atoms with van der Waals surface area (Å²) in [5.41, 5.74) is 7.21. The van der Waals surface area contributed by atoms with E-state index < -0.39 is 0 Å². The van der Waals surface area contributed by atoms with Crippen molar-refractivity contribution in [3.05, 3.63) is 101 Å². The van der Waals surface area contributed by atoms with Crippen LogP contribution in [0.1, 0.15) is 34.7 Å². The van der Waals surface area contributed by atoms with Gasteiger partial charge in [-0.1, -0.05) is 71.8 Å². The molecule has 0 spiro atoms. The number of para-hydroxylation sites is 2. The molecule has 0 aliphatic rings. The highest BCUT2D eigenvalue weighted by atomic mass is 16.5. The van der Waals surface area contributed by atoms with Crippen molar-refractivity contribution in [2.45, 2.75) is 39.3 Å². The number of benzene rings is 3. The van der Waals surface area contributed by atoms with Crippen LogP contribution in [0.2, 0.25) is 0 Å². The van der Waals surface area contributed by atoms with Crippen molar-refractivity contribution in [1.29, 1.82) is 5.41 Å². The number of nitrogens with one attached hydrogen (secondary N) is 1. The number of esters is 1. The summed E-state index contributed by atoms with van der Waals surface area (Å²) in [6.07, 6.45) is 0.926. The fourth-order valence-electron chi connectivity index (χ4n) is 4.36. The van der Waals surface area contributed by atoms with Gasteiger partial charge in [0.05, 0.1) is 50.4 Å². The molecule has 182 valence electrons. The Kier molecular flexibility index (Phi) is 7.83. The summed E-state index contributed by atoms with van der Waals surface area (Å²) >= 11 is 0. The summed E-state index contributed by atoms with van der Waals surface area (Å²) in [5.74, 6) is -0.288. The Balaban J connectivity index is 1.70. The number of rotatable bonds is 10. The number of imidazole rings is 1. The molecule has 0 unspecified atom stereocenters. The van der Waals surface area contributed by atoms with Crippen LogP contribution in [-0.2, 0) is 27.2 Å². The smallest absolute Gasteiger partial charge is 0.307 e. The molecule has 1 N–H and O–H groups in total. The number of carbonyl (C=O) groups excluding carboxylic acids is 1. The van der Waals surface area contributed by atoms with Crippen LogP contribution in [0.5, 0.6) is 0 Å². The molecule has 0 amide bonds. The van der Waals surface area contributed by atoms with Gasteiger partial charge in [0.1, 0.15) is 0 Å². The monoisotopic (exact) mass is 471 g/mol. The van der Waals surface area contributed by atoms with Crippen molar-refractivity contribution in [3.8, 4) is 0 Å². The molecule has 4 aromatic rings. The van der Waals surface area contributed by atoms with E-state index in [2.05, 4.69) is 83.6 Å². The molecule has 0 radical (unpaired) electrons. The molecule has 6 heteroatoms. The summed E-state index contributed by atoms with van der Waals surface area (Å²) in [7, 11) is 1.38. The standard InChI is InChI=1S/C29H33N3O3/c1-21-8-12-23(13-9-21)18-25(20-35-17-16-28(33)34-3)32-27-7-5-4-6-26(27)31(29(32)30)19-24-14-10-22(2)11-15-24/h4-15,25,30H,16-20H2,1-3H3/t25-/m0/s1. The predicted octanol–water partition coefficient (Wildman–Crippen LogP) is 4.95. The van der Waals surface area contributed by atoms with Crippen molar-refractivity contribution in [2.75, 3.05) is 20.3 Å². The number of hydrogen-bond donors (Lipinski definition) is 1. The van der Waals surface area contributed by atoms with E-state index >= 15 is 0 Å². The topological polar surface area (TPSA) is 69.2 Å². The Labute approximate surface area is 206 Å². The summed E-state index contributed by atoms with van der Waals surface area (Å²) in [5, 5.41) is 9.17. The van der Waals surface area contributed by atoms with Gasteiger partial charge in [-0.3, -0.25) is 10.2 Å². The van der Waals surface area contributed by atoms with Gasteiger partial charge in [-0.05, 0) is 43.5 Å². The molecule has 0 aliphatic heterocycles. The van der Waals surface area contributed by atoms with E-state index in [1.807, 2.05) is 12.1 Å². The lowest BCUT2D eigenvalue weighted by molar-refractivity contribution is -0.141. The number of aryl methyl sites for hydroxylation is 2. The Bertz CT molecular complexity index is 1330. The van der Waals surface area contributed by atoms with Gasteiger partial charge in [0, 0.05) is 0 Å². The summed E-state index contributed by atoms with van der Waals surface area (Å²) in [6, 6.07) is 25.0. The Morgan fingerprint density at radius 3 is 2.11 bits per heavy atom. The highest BCUT2D eigenvalue weighted by Crippen LogP contribution is 2.22. The molecular formula is C29H33N3O3. The second-order valence-corrected chi connectivity index (χ2v) is 9.00. The molecule has 1 aromatic heterocycles. The van der Waals surface area contributed by atoms with E-state index in [1.165, 1.54) is 23.8 Å².